The predicted octanol–water partition coefficient (Wildman–Crippen LogP) is 5.60. The molecule has 0 saturated carbocycles. The molecule has 4 nitrogen and oxygen atoms in total. The molecule has 1 amide bonds. The highest BCUT2D eigenvalue weighted by Crippen LogP contribution is 2.45. The van der Waals surface area contributed by atoms with Gasteiger partial charge in [-0.15, -0.1) is 0 Å². The molecule has 0 radical (unpaired) electrons. The van der Waals surface area contributed by atoms with Gasteiger partial charge in [-0.25, -0.2) is 0 Å². The number of benzene rings is 2. The van der Waals surface area contributed by atoms with Gasteiger partial charge in [0.05, 0.1) is 5.41 Å². The number of carbonyl (C=O) groups is 1. The second kappa shape index (κ2) is 8.81. The molecular formula is C30H34N2O2. The topological polar surface area (TPSA) is 42.4 Å². The van der Waals surface area contributed by atoms with Crippen molar-refractivity contribution in [3.63, 3.8) is 0 Å². The highest BCUT2D eigenvalue weighted by molar-refractivity contribution is 5.89. The van der Waals surface area contributed by atoms with E-state index in [0.717, 1.165) is 44.9 Å². The van der Waals surface area contributed by atoms with Gasteiger partial charge in [-0.3, -0.25) is 9.78 Å². The molecule has 3 saturated heterocycles. The molecule has 2 unspecified atom stereocenters. The Morgan fingerprint density at radius 2 is 1.71 bits per heavy atom. The van der Waals surface area contributed by atoms with Crippen molar-refractivity contribution in [1.82, 2.24) is 9.88 Å². The molecular weight excluding hydrogens is 420 g/mol. The third-order valence-corrected chi connectivity index (χ3v) is 8.68. The number of carbonyl (C=O) groups excluding carboxylic acids is 1. The van der Waals surface area contributed by atoms with Crippen LogP contribution in [-0.4, -0.2) is 41.1 Å². The summed E-state index contributed by atoms with van der Waals surface area (Å²) >= 11 is 0. The van der Waals surface area contributed by atoms with E-state index in [9.17, 15) is 4.79 Å². The number of ether oxygens (including phenoxy) is 1. The molecule has 2 atom stereocenters. The Morgan fingerprint density at radius 1 is 1.00 bits per heavy atom. The number of hydrogen-bond acceptors (Lipinski definition) is 3. The first-order valence-electron chi connectivity index (χ1n) is 12.9. The molecule has 1 aromatic heterocycles. The maximum Gasteiger partial charge on any atom is 0.233 e. The van der Waals surface area contributed by atoms with Gasteiger partial charge in [-0.1, -0.05) is 54.1 Å². The SMILES string of the molecule is Cc1ccc(C2(C(=O)N3C4CCC3CC(Cc3cncc5ccccc35)C4)CCOCC2)cc1. The molecule has 176 valence electrons. The fraction of sp³-hybridized carbons (Fsp3) is 0.467. The Morgan fingerprint density at radius 3 is 2.44 bits per heavy atom. The number of piperidine rings is 1. The van der Waals surface area contributed by atoms with Crippen LogP contribution in [0.2, 0.25) is 0 Å². The van der Waals surface area contributed by atoms with Gasteiger partial charge >= 0.3 is 0 Å². The van der Waals surface area contributed by atoms with Gasteiger partial charge in [0.15, 0.2) is 0 Å². The highest BCUT2D eigenvalue weighted by atomic mass is 16.5. The number of aromatic nitrogens is 1. The van der Waals surface area contributed by atoms with E-state index < -0.39 is 5.41 Å². The lowest BCUT2D eigenvalue weighted by Crippen LogP contribution is -2.56. The fourth-order valence-electron chi connectivity index (χ4n) is 6.91. The molecule has 4 heterocycles. The van der Waals surface area contributed by atoms with Gasteiger partial charge in [-0.2, -0.15) is 0 Å². The van der Waals surface area contributed by atoms with E-state index in [1.807, 2.05) is 6.20 Å². The molecule has 6 rings (SSSR count). The largest absolute Gasteiger partial charge is 0.381 e. The van der Waals surface area contributed by atoms with Crippen LogP contribution < -0.4 is 0 Å². The van der Waals surface area contributed by atoms with Gasteiger partial charge in [0, 0.05) is 43.1 Å². The third-order valence-electron chi connectivity index (χ3n) is 8.68. The average Bonchev–Trinajstić information content (AvgIpc) is 3.14. The quantitative estimate of drug-likeness (QED) is 0.515. The summed E-state index contributed by atoms with van der Waals surface area (Å²) in [6, 6.07) is 18.0. The standard InChI is InChI=1S/C30H34N2O2/c1-21-6-8-25(9-7-21)30(12-14-34-15-13-30)29(33)32-26-10-11-27(32)18-22(17-26)16-24-20-31-19-23-4-2-3-5-28(23)24/h2-9,19-20,22,26-27H,10-18H2,1H3. The normalized spacial score (nSPS) is 26.0. The van der Waals surface area contributed by atoms with Crippen LogP contribution in [0.5, 0.6) is 0 Å². The van der Waals surface area contributed by atoms with Gasteiger partial charge in [0.1, 0.15) is 0 Å². The Kier molecular flexibility index (Phi) is 5.65. The van der Waals surface area contributed by atoms with Gasteiger partial charge < -0.3 is 9.64 Å². The zero-order valence-corrected chi connectivity index (χ0v) is 20.1. The van der Waals surface area contributed by atoms with E-state index in [4.69, 9.17) is 4.74 Å². The Bertz CT molecular complexity index is 1160. The van der Waals surface area contributed by atoms with Crippen molar-refractivity contribution in [3.05, 3.63) is 77.6 Å². The van der Waals surface area contributed by atoms with Gasteiger partial charge in [0.25, 0.3) is 0 Å². The van der Waals surface area contributed by atoms with E-state index in [1.165, 1.54) is 27.5 Å². The monoisotopic (exact) mass is 454 g/mol. The lowest BCUT2D eigenvalue weighted by atomic mass is 9.71. The summed E-state index contributed by atoms with van der Waals surface area (Å²) < 4.78 is 5.72. The van der Waals surface area contributed by atoms with Crippen LogP contribution in [0.25, 0.3) is 10.8 Å². The molecule has 0 aliphatic carbocycles. The first kappa shape index (κ1) is 21.8. The van der Waals surface area contributed by atoms with E-state index >= 15 is 0 Å². The minimum atomic E-state index is -0.431. The maximum atomic E-state index is 14.3. The lowest BCUT2D eigenvalue weighted by Gasteiger charge is -2.46. The number of hydrogen-bond donors (Lipinski definition) is 0. The van der Waals surface area contributed by atoms with Crippen molar-refractivity contribution in [1.29, 1.82) is 0 Å². The number of nitrogens with zero attached hydrogens (tertiary/aromatic N) is 2. The van der Waals surface area contributed by atoms with E-state index in [0.29, 0.717) is 37.1 Å². The fourth-order valence-corrected chi connectivity index (χ4v) is 6.91. The molecule has 0 spiro atoms. The zero-order valence-electron chi connectivity index (χ0n) is 20.1. The zero-order chi connectivity index (χ0) is 23.1. The van der Waals surface area contributed by atoms with Crippen LogP contribution in [0.1, 0.15) is 55.2 Å². The molecule has 3 aliphatic heterocycles. The summed E-state index contributed by atoms with van der Waals surface area (Å²) in [7, 11) is 0. The number of amides is 1. The molecule has 34 heavy (non-hydrogen) atoms. The number of rotatable bonds is 4. The smallest absolute Gasteiger partial charge is 0.233 e. The van der Waals surface area contributed by atoms with Crippen molar-refractivity contribution in [2.45, 2.75) is 69.4 Å². The first-order valence-corrected chi connectivity index (χ1v) is 12.9. The van der Waals surface area contributed by atoms with E-state index in [1.54, 1.807) is 0 Å². The van der Waals surface area contributed by atoms with Crippen molar-refractivity contribution in [3.8, 4) is 0 Å². The summed E-state index contributed by atoms with van der Waals surface area (Å²) in [6.45, 7) is 3.44. The summed E-state index contributed by atoms with van der Waals surface area (Å²) in [5, 5.41) is 2.54. The average molecular weight is 455 g/mol. The van der Waals surface area contributed by atoms with Crippen LogP contribution in [-0.2, 0) is 21.4 Å². The Balaban J connectivity index is 1.24. The summed E-state index contributed by atoms with van der Waals surface area (Å²) in [4.78, 5) is 21.2. The predicted molar refractivity (Wildman–Crippen MR) is 135 cm³/mol. The van der Waals surface area contributed by atoms with Crippen LogP contribution in [0.15, 0.2) is 60.9 Å². The van der Waals surface area contributed by atoms with E-state index in [-0.39, 0.29) is 0 Å². The van der Waals surface area contributed by atoms with Crippen molar-refractivity contribution < 1.29 is 9.53 Å². The van der Waals surface area contributed by atoms with Crippen molar-refractivity contribution in [2.75, 3.05) is 13.2 Å². The van der Waals surface area contributed by atoms with Crippen molar-refractivity contribution >= 4 is 16.7 Å². The minimum Gasteiger partial charge on any atom is -0.381 e. The lowest BCUT2D eigenvalue weighted by molar-refractivity contribution is -0.146. The summed E-state index contributed by atoms with van der Waals surface area (Å²) in [5.41, 5.74) is 3.33. The van der Waals surface area contributed by atoms with Crippen molar-refractivity contribution in [2.24, 2.45) is 5.92 Å². The van der Waals surface area contributed by atoms with Crippen LogP contribution in [0.3, 0.4) is 0 Å². The molecule has 0 N–H and O–H groups in total. The molecule has 2 aromatic carbocycles. The number of fused-ring (bicyclic) bond motifs is 3. The van der Waals surface area contributed by atoms with Gasteiger partial charge in [0.2, 0.25) is 5.91 Å². The summed E-state index contributed by atoms with van der Waals surface area (Å²) in [6.07, 6.45) is 11.1. The number of pyridine rings is 1. The summed E-state index contributed by atoms with van der Waals surface area (Å²) in [5.74, 6) is 0.969. The maximum absolute atomic E-state index is 14.3. The Labute approximate surface area is 202 Å². The van der Waals surface area contributed by atoms with Crippen LogP contribution in [0.4, 0.5) is 0 Å². The molecule has 3 aromatic rings. The van der Waals surface area contributed by atoms with Gasteiger partial charge in [-0.05, 0) is 74.3 Å². The molecule has 3 aliphatic rings. The first-order chi connectivity index (χ1) is 16.6. The Hall–Kier alpha value is -2.72. The van der Waals surface area contributed by atoms with Crippen LogP contribution in [0, 0.1) is 12.8 Å². The van der Waals surface area contributed by atoms with E-state index in [2.05, 4.69) is 71.5 Å². The second-order valence-corrected chi connectivity index (χ2v) is 10.7. The molecule has 2 bridgehead atoms. The number of aryl methyl sites for hydroxylation is 1. The third kappa shape index (κ3) is 3.73. The second-order valence-electron chi connectivity index (χ2n) is 10.7. The molecule has 3 fully saturated rings. The van der Waals surface area contributed by atoms with Crippen LogP contribution >= 0.6 is 0 Å². The highest BCUT2D eigenvalue weighted by Gasteiger charge is 2.51. The molecule has 4 heteroatoms. The minimum absolute atomic E-state index is 0.359.